The molecule has 0 aliphatic heterocycles. The molecule has 0 radical (unpaired) electrons. The molecule has 1 aromatic carbocycles. The van der Waals surface area contributed by atoms with Crippen molar-refractivity contribution in [3.05, 3.63) is 23.7 Å². The molecule has 0 bridgehead atoms. The zero-order valence-electron chi connectivity index (χ0n) is 12.3. The minimum Gasteiger partial charge on any atom is -0.497 e. The van der Waals surface area contributed by atoms with Crippen LogP contribution in [0.1, 0.15) is 13.8 Å². The van der Waals surface area contributed by atoms with Crippen LogP contribution in [0.25, 0.3) is 0 Å². The summed E-state index contributed by atoms with van der Waals surface area (Å²) in [4.78, 5) is 0. The van der Waals surface area contributed by atoms with Crippen molar-refractivity contribution >= 4 is 12.6 Å². The van der Waals surface area contributed by atoms with Crippen molar-refractivity contribution in [1.82, 2.24) is 0 Å². The highest BCUT2D eigenvalue weighted by atomic mass is 16.5. The molecule has 0 saturated heterocycles. The number of nitrogens with zero attached hydrogens (tertiary/aromatic N) is 1. The van der Waals surface area contributed by atoms with Gasteiger partial charge >= 0.3 is 7.12 Å². The van der Waals surface area contributed by atoms with Crippen molar-refractivity contribution in [2.75, 3.05) is 7.04 Å². The van der Waals surface area contributed by atoms with Gasteiger partial charge in [-0.15, -0.1) is 0 Å². The van der Waals surface area contributed by atoms with Crippen LogP contribution < -0.4 is 10.2 Å². The van der Waals surface area contributed by atoms with Crippen molar-refractivity contribution in [2.45, 2.75) is 0 Å². The number of hydrogen-bond donors (Lipinski definition) is 2. The van der Waals surface area contributed by atoms with Gasteiger partial charge in [-0.25, -0.2) is 0 Å². The third-order valence-electron chi connectivity index (χ3n) is 1.22. The molecule has 0 unspecified atom stereocenters. The molecule has 1 aromatic rings. The van der Waals surface area contributed by atoms with E-state index in [-0.39, 0.29) is 0 Å². The first-order chi connectivity index (χ1) is 8.60. The largest absolute Gasteiger partial charge is 0.497 e. The monoisotopic (exact) mass is 183 g/mol. The summed E-state index contributed by atoms with van der Waals surface area (Å²) in [6.07, 6.45) is 0. The number of methoxy groups -OCH3 is 1. The molecule has 66 valence electrons. The minimum atomic E-state index is -2.97. The van der Waals surface area contributed by atoms with Gasteiger partial charge in [-0.05, 0) is 23.6 Å². The Bertz CT molecular complexity index is 553. The normalized spacial score (nSPS) is 16.7. The maximum Gasteiger partial charge on any atom is 0.488 e. The lowest BCUT2D eigenvalue weighted by atomic mass is 9.79. The fourth-order valence-corrected chi connectivity index (χ4v) is 0.700. The summed E-state index contributed by atoms with van der Waals surface area (Å²) < 4.78 is 47.8. The summed E-state index contributed by atoms with van der Waals surface area (Å²) in [5.74, 6) is -0.796. The lowest BCUT2D eigenvalue weighted by molar-refractivity contribution is 0.412. The minimum absolute atomic E-state index is 0.599. The third-order valence-corrected chi connectivity index (χ3v) is 1.22. The second kappa shape index (κ2) is 3.94. The molecule has 2 N–H and O–H groups in total. The molecule has 5 heteroatoms. The van der Waals surface area contributed by atoms with E-state index in [2.05, 4.69) is 4.74 Å². The number of ether oxygens (including phenoxy) is 1. The second-order valence-corrected chi connectivity index (χ2v) is 2.08. The van der Waals surface area contributed by atoms with Crippen molar-refractivity contribution in [3.63, 3.8) is 0 Å². The summed E-state index contributed by atoms with van der Waals surface area (Å²) in [5, 5.41) is 26.9. The Hall–Kier alpha value is -1.51. The lowest BCUT2D eigenvalue weighted by Crippen LogP contribution is -2.30. The predicted octanol–water partition coefficient (Wildman–Crippen LogP) is -0.753. The average Bonchev–Trinajstić information content (AvgIpc) is 2.23. The Morgan fingerprint density at radius 1 is 1.62 bits per heavy atom. The number of rotatable bonds is 2. The van der Waals surface area contributed by atoms with E-state index in [1.54, 1.807) is 0 Å². The Morgan fingerprint density at radius 2 is 2.38 bits per heavy atom. The van der Waals surface area contributed by atoms with Crippen LogP contribution in [0.2, 0.25) is 0 Å². The van der Waals surface area contributed by atoms with E-state index in [9.17, 15) is 0 Å². The molecule has 0 fully saturated rings. The molecule has 0 heterocycles. The van der Waals surface area contributed by atoms with E-state index in [1.165, 1.54) is 6.07 Å². The van der Waals surface area contributed by atoms with Crippen LogP contribution in [0.5, 0.6) is 5.75 Å². The first kappa shape index (κ1) is 4.14. The molecule has 0 spiro atoms. The van der Waals surface area contributed by atoms with Gasteiger partial charge in [0, 0.05) is 0 Å². The summed E-state index contributed by atoms with van der Waals surface area (Å²) in [7, 11) is -5.23. The highest BCUT2D eigenvalue weighted by Crippen LogP contribution is 2.10. The van der Waals surface area contributed by atoms with Crippen LogP contribution >= 0.6 is 0 Å². The zero-order valence-corrected chi connectivity index (χ0v) is 6.33. The second-order valence-electron chi connectivity index (χ2n) is 2.08. The van der Waals surface area contributed by atoms with Crippen molar-refractivity contribution < 1.29 is 23.0 Å². The van der Waals surface area contributed by atoms with Crippen molar-refractivity contribution in [1.29, 1.82) is 5.26 Å². The van der Waals surface area contributed by atoms with Gasteiger partial charge in [-0.2, -0.15) is 5.26 Å². The van der Waals surface area contributed by atoms with Crippen LogP contribution in [0.15, 0.2) is 18.1 Å². The summed E-state index contributed by atoms with van der Waals surface area (Å²) in [6.45, 7) is 0. The van der Waals surface area contributed by atoms with Gasteiger partial charge in [0.1, 0.15) is 5.75 Å². The lowest BCUT2D eigenvalue weighted by Gasteiger charge is -2.04. The molecule has 0 aliphatic carbocycles. The van der Waals surface area contributed by atoms with Crippen molar-refractivity contribution in [2.24, 2.45) is 0 Å². The van der Waals surface area contributed by atoms with E-state index < -0.39 is 49.1 Å². The van der Waals surface area contributed by atoms with Gasteiger partial charge < -0.3 is 14.8 Å². The van der Waals surface area contributed by atoms with Crippen molar-refractivity contribution in [3.8, 4) is 11.8 Å². The van der Waals surface area contributed by atoms with E-state index in [4.69, 9.17) is 23.5 Å². The van der Waals surface area contributed by atoms with Gasteiger partial charge in [0.05, 0.1) is 26.9 Å². The third kappa shape index (κ3) is 2.21. The summed E-state index contributed by atoms with van der Waals surface area (Å²) >= 11 is 0. The van der Waals surface area contributed by atoms with E-state index in [0.29, 0.717) is 0 Å². The SMILES string of the molecule is [2H]c1c(C#N)c([2H])c(B(O)O)c([2H])c1OC([2H])([2H])[2H]. The van der Waals surface area contributed by atoms with Crippen LogP contribution in [-0.4, -0.2) is 24.2 Å². The smallest absolute Gasteiger partial charge is 0.488 e. The number of nitriles is 1. The molecule has 4 nitrogen and oxygen atoms in total. The van der Waals surface area contributed by atoms with Gasteiger partial charge in [0.15, 0.2) is 0 Å². The Labute approximate surface area is 84.6 Å². The van der Waals surface area contributed by atoms with Crippen LogP contribution in [0.3, 0.4) is 0 Å². The standard InChI is InChI=1S/C8H8BNO3/c1-13-8-3-6(5-10)2-7(4-8)9(11)12/h2-4,11-12H,1H3/i1D3,2D,3D,4D. The van der Waals surface area contributed by atoms with Gasteiger partial charge in [0.2, 0.25) is 0 Å². The first-order valence-electron chi connectivity index (χ1n) is 6.19. The molecular weight excluding hydrogens is 169 g/mol. The van der Waals surface area contributed by atoms with Crippen LogP contribution in [-0.2, 0) is 0 Å². The fourth-order valence-electron chi connectivity index (χ4n) is 0.700. The molecule has 0 aromatic heterocycles. The Kier molecular flexibility index (Phi) is 1.25. The molecule has 0 amide bonds. The molecule has 0 atom stereocenters. The van der Waals surface area contributed by atoms with Gasteiger partial charge in [0.25, 0.3) is 0 Å². The summed E-state index contributed by atoms with van der Waals surface area (Å²) in [5.41, 5.74) is -1.29. The maximum absolute atomic E-state index is 9.07. The Morgan fingerprint density at radius 3 is 2.92 bits per heavy atom. The average molecular weight is 183 g/mol. The highest BCUT2D eigenvalue weighted by Gasteiger charge is 2.12. The molecular formula is C8H8BNO3. The number of hydrogen-bond acceptors (Lipinski definition) is 4. The fraction of sp³-hybridized carbons (Fsp3) is 0.125. The van der Waals surface area contributed by atoms with Crippen LogP contribution in [0, 0.1) is 11.3 Å². The Balaban J connectivity index is 3.65. The van der Waals surface area contributed by atoms with Gasteiger partial charge in [-0.1, -0.05) is 0 Å². The van der Waals surface area contributed by atoms with Gasteiger partial charge in [-0.3, -0.25) is 0 Å². The first-order valence-corrected chi connectivity index (χ1v) is 3.19. The maximum atomic E-state index is 9.07. The highest BCUT2D eigenvalue weighted by molar-refractivity contribution is 6.58. The molecule has 0 saturated carbocycles. The number of benzene rings is 1. The van der Waals surface area contributed by atoms with Crippen LogP contribution in [0.4, 0.5) is 0 Å². The molecule has 13 heavy (non-hydrogen) atoms. The van der Waals surface area contributed by atoms with E-state index in [1.807, 2.05) is 0 Å². The topological polar surface area (TPSA) is 73.5 Å². The van der Waals surface area contributed by atoms with E-state index in [0.717, 1.165) is 0 Å². The molecule has 1 rings (SSSR count). The quantitative estimate of drug-likeness (QED) is 0.591. The summed E-state index contributed by atoms with van der Waals surface area (Å²) in [6, 6.07) is -0.820. The zero-order chi connectivity index (χ0) is 15.0. The molecule has 0 aliphatic rings. The van der Waals surface area contributed by atoms with E-state index >= 15 is 0 Å². The predicted molar refractivity (Wildman–Crippen MR) is 47.5 cm³/mol.